The molecule has 3 heterocycles. The molecule has 0 saturated carbocycles. The van der Waals surface area contributed by atoms with Crippen molar-refractivity contribution in [2.24, 2.45) is 0 Å². The molecule has 3 rings (SSSR count). The molecule has 2 aromatic heterocycles. The topological polar surface area (TPSA) is 55.9 Å². The van der Waals surface area contributed by atoms with E-state index in [1.54, 1.807) is 6.26 Å². The third-order valence-electron chi connectivity index (χ3n) is 2.86. The van der Waals surface area contributed by atoms with Gasteiger partial charge in [-0.05, 0) is 32.4 Å². The monoisotopic (exact) mass is 218 g/mol. The molecule has 1 N–H and O–H groups in total. The summed E-state index contributed by atoms with van der Waals surface area (Å²) in [5, 5.41) is 7.73. The van der Waals surface area contributed by atoms with Gasteiger partial charge in [-0.25, -0.2) is 4.68 Å². The molecule has 0 aromatic carbocycles. The summed E-state index contributed by atoms with van der Waals surface area (Å²) in [6.45, 7) is 4.04. The fourth-order valence-corrected chi connectivity index (χ4v) is 2.18. The highest BCUT2D eigenvalue weighted by molar-refractivity contribution is 5.32. The summed E-state index contributed by atoms with van der Waals surface area (Å²) in [4.78, 5) is 4.36. The molecule has 0 saturated heterocycles. The lowest BCUT2D eigenvalue weighted by molar-refractivity contribution is 0.362. The zero-order valence-electron chi connectivity index (χ0n) is 9.34. The first-order valence-electron chi connectivity index (χ1n) is 5.47. The Morgan fingerprint density at radius 1 is 1.56 bits per heavy atom. The third kappa shape index (κ3) is 1.39. The normalized spacial score (nSPS) is 23.9. The van der Waals surface area contributed by atoms with E-state index in [2.05, 4.69) is 22.3 Å². The fraction of sp³-hybridized carbons (Fsp3) is 0.455. The Kier molecular flexibility index (Phi) is 1.99. The standard InChI is InChI=1S/C11H14N4O/c1-7-6-9(10-4-3-5-16-10)15-11(12-7)13-8(2)14-15/h3-5,7,9H,6H2,1-2H3,(H,12,13,14)/t7-,9-/m0/s1. The minimum Gasteiger partial charge on any atom is -0.467 e. The first kappa shape index (κ1) is 9.45. The van der Waals surface area contributed by atoms with E-state index < -0.39 is 0 Å². The van der Waals surface area contributed by atoms with Gasteiger partial charge in [0.15, 0.2) is 0 Å². The minimum absolute atomic E-state index is 0.155. The highest BCUT2D eigenvalue weighted by Crippen LogP contribution is 2.30. The SMILES string of the molecule is Cc1nc2n(n1)[C@H](c1ccco1)C[C@H](C)N2. The Morgan fingerprint density at radius 3 is 3.19 bits per heavy atom. The summed E-state index contributed by atoms with van der Waals surface area (Å²) < 4.78 is 7.38. The van der Waals surface area contributed by atoms with Crippen molar-refractivity contribution in [3.05, 3.63) is 30.0 Å². The maximum atomic E-state index is 5.47. The van der Waals surface area contributed by atoms with E-state index in [4.69, 9.17) is 4.42 Å². The number of nitrogens with one attached hydrogen (secondary N) is 1. The smallest absolute Gasteiger partial charge is 0.222 e. The predicted octanol–water partition coefficient (Wildman–Crippen LogP) is 1.97. The second kappa shape index (κ2) is 3.37. The van der Waals surface area contributed by atoms with E-state index in [-0.39, 0.29) is 6.04 Å². The molecule has 0 bridgehead atoms. The fourth-order valence-electron chi connectivity index (χ4n) is 2.18. The van der Waals surface area contributed by atoms with Crippen LogP contribution in [-0.4, -0.2) is 20.8 Å². The number of hydrogen-bond acceptors (Lipinski definition) is 4. The van der Waals surface area contributed by atoms with Crippen molar-refractivity contribution < 1.29 is 4.42 Å². The lowest BCUT2D eigenvalue weighted by atomic mass is 10.0. The number of hydrogen-bond donors (Lipinski definition) is 1. The second-order valence-corrected chi connectivity index (χ2v) is 4.24. The van der Waals surface area contributed by atoms with Gasteiger partial charge in [-0.1, -0.05) is 0 Å². The van der Waals surface area contributed by atoms with Crippen molar-refractivity contribution in [3.63, 3.8) is 0 Å². The average molecular weight is 218 g/mol. The van der Waals surface area contributed by atoms with Crippen LogP contribution < -0.4 is 5.32 Å². The number of aryl methyl sites for hydroxylation is 1. The van der Waals surface area contributed by atoms with Crippen LogP contribution in [0.4, 0.5) is 5.95 Å². The van der Waals surface area contributed by atoms with Crippen LogP contribution in [0.15, 0.2) is 22.8 Å². The summed E-state index contributed by atoms with van der Waals surface area (Å²) in [5.74, 6) is 2.56. The number of rotatable bonds is 1. The number of aromatic nitrogens is 3. The Bertz CT molecular complexity index is 488. The summed E-state index contributed by atoms with van der Waals surface area (Å²) in [7, 11) is 0. The molecule has 84 valence electrons. The van der Waals surface area contributed by atoms with Gasteiger partial charge < -0.3 is 9.73 Å². The summed E-state index contributed by atoms with van der Waals surface area (Å²) >= 11 is 0. The van der Waals surface area contributed by atoms with Crippen LogP contribution in [0, 0.1) is 6.92 Å². The molecule has 2 aromatic rings. The molecular weight excluding hydrogens is 204 g/mol. The van der Waals surface area contributed by atoms with Crippen LogP contribution in [-0.2, 0) is 0 Å². The lowest BCUT2D eigenvalue weighted by Gasteiger charge is -2.27. The van der Waals surface area contributed by atoms with E-state index in [1.807, 2.05) is 23.7 Å². The highest BCUT2D eigenvalue weighted by Gasteiger charge is 2.29. The Labute approximate surface area is 93.5 Å². The maximum Gasteiger partial charge on any atom is 0.222 e. The molecule has 2 atom stereocenters. The summed E-state index contributed by atoms with van der Waals surface area (Å²) in [5.41, 5.74) is 0. The van der Waals surface area contributed by atoms with Crippen molar-refractivity contribution in [3.8, 4) is 0 Å². The van der Waals surface area contributed by atoms with Crippen LogP contribution in [0.25, 0.3) is 0 Å². The predicted molar refractivity (Wildman–Crippen MR) is 59.3 cm³/mol. The van der Waals surface area contributed by atoms with Crippen LogP contribution in [0.1, 0.15) is 31.0 Å². The van der Waals surface area contributed by atoms with E-state index in [1.165, 1.54) is 0 Å². The summed E-state index contributed by atoms with van der Waals surface area (Å²) in [6, 6.07) is 4.43. The molecule has 5 nitrogen and oxygen atoms in total. The third-order valence-corrected chi connectivity index (χ3v) is 2.86. The minimum atomic E-state index is 0.155. The van der Waals surface area contributed by atoms with Gasteiger partial charge >= 0.3 is 0 Å². The van der Waals surface area contributed by atoms with Gasteiger partial charge in [0.25, 0.3) is 0 Å². The van der Waals surface area contributed by atoms with Crippen molar-refractivity contribution >= 4 is 5.95 Å². The van der Waals surface area contributed by atoms with Crippen LogP contribution in [0.5, 0.6) is 0 Å². The van der Waals surface area contributed by atoms with Gasteiger partial charge in [-0.2, -0.15) is 10.1 Å². The number of nitrogens with zero attached hydrogens (tertiary/aromatic N) is 3. The average Bonchev–Trinajstić information content (AvgIpc) is 2.83. The molecule has 16 heavy (non-hydrogen) atoms. The van der Waals surface area contributed by atoms with Crippen molar-refractivity contribution in [2.75, 3.05) is 5.32 Å². The Morgan fingerprint density at radius 2 is 2.44 bits per heavy atom. The molecule has 0 aliphatic carbocycles. The number of fused-ring (bicyclic) bond motifs is 1. The molecule has 0 amide bonds. The first-order valence-corrected chi connectivity index (χ1v) is 5.47. The van der Waals surface area contributed by atoms with Gasteiger partial charge in [0.05, 0.1) is 6.26 Å². The Hall–Kier alpha value is -1.78. The van der Waals surface area contributed by atoms with Crippen molar-refractivity contribution in [1.82, 2.24) is 14.8 Å². The van der Waals surface area contributed by atoms with Gasteiger partial charge in [-0.15, -0.1) is 0 Å². The van der Waals surface area contributed by atoms with Crippen LogP contribution in [0.3, 0.4) is 0 Å². The molecule has 1 aliphatic rings. The zero-order valence-corrected chi connectivity index (χ0v) is 9.34. The molecule has 0 radical (unpaired) electrons. The molecule has 0 unspecified atom stereocenters. The van der Waals surface area contributed by atoms with Crippen LogP contribution in [0.2, 0.25) is 0 Å². The van der Waals surface area contributed by atoms with Gasteiger partial charge in [0, 0.05) is 6.04 Å². The van der Waals surface area contributed by atoms with Gasteiger partial charge in [0.2, 0.25) is 5.95 Å². The molecule has 1 aliphatic heterocycles. The van der Waals surface area contributed by atoms with E-state index in [0.717, 1.165) is 24.0 Å². The largest absolute Gasteiger partial charge is 0.467 e. The number of anilines is 1. The highest BCUT2D eigenvalue weighted by atomic mass is 16.3. The van der Waals surface area contributed by atoms with E-state index in [0.29, 0.717) is 6.04 Å². The quantitative estimate of drug-likeness (QED) is 0.795. The first-order chi connectivity index (χ1) is 7.74. The summed E-state index contributed by atoms with van der Waals surface area (Å²) in [6.07, 6.45) is 2.66. The molecule has 0 fully saturated rings. The van der Waals surface area contributed by atoms with Crippen LogP contribution >= 0.6 is 0 Å². The Balaban J connectivity index is 2.06. The van der Waals surface area contributed by atoms with Gasteiger partial charge in [-0.3, -0.25) is 0 Å². The number of furan rings is 1. The lowest BCUT2D eigenvalue weighted by Crippen LogP contribution is -2.30. The van der Waals surface area contributed by atoms with E-state index in [9.17, 15) is 0 Å². The molecular formula is C11H14N4O. The van der Waals surface area contributed by atoms with Gasteiger partial charge in [0.1, 0.15) is 17.6 Å². The zero-order chi connectivity index (χ0) is 11.1. The van der Waals surface area contributed by atoms with E-state index >= 15 is 0 Å². The van der Waals surface area contributed by atoms with Crippen molar-refractivity contribution in [2.45, 2.75) is 32.4 Å². The molecule has 0 spiro atoms. The maximum absolute atomic E-state index is 5.47. The van der Waals surface area contributed by atoms with Crippen molar-refractivity contribution in [1.29, 1.82) is 0 Å². The second-order valence-electron chi connectivity index (χ2n) is 4.24. The molecule has 5 heteroatoms.